The molecule has 0 bridgehead atoms. The normalized spacial score (nSPS) is 11.1. The summed E-state index contributed by atoms with van der Waals surface area (Å²) in [4.78, 5) is 25.4. The van der Waals surface area contributed by atoms with E-state index >= 15 is 0 Å². The van der Waals surface area contributed by atoms with Crippen LogP contribution in [0.5, 0.6) is 0 Å². The summed E-state index contributed by atoms with van der Waals surface area (Å²) in [6, 6.07) is 18.4. The molecule has 4 nitrogen and oxygen atoms in total. The fraction of sp³-hybridized carbons (Fsp3) is 0.0476. The molecule has 3 aromatic rings. The summed E-state index contributed by atoms with van der Waals surface area (Å²) in [7, 11) is 1.58. The molecule has 136 valence electrons. The molecular formula is C21H17BrN2O2S. The number of thiophene rings is 1. The minimum atomic E-state index is -0.201. The Morgan fingerprint density at radius 1 is 1.00 bits per heavy atom. The standard InChI is InChI=1S/C21H17BrN2O2S/c1-23-20(25)15-6-10-17(11-7-15)24-21(26)18(19-3-2-12-27-19)13-14-4-8-16(22)9-5-14/h2-13H,1H3,(H,23,25)(H,24,26)/b18-13+. The van der Waals surface area contributed by atoms with Crippen LogP contribution in [0.4, 0.5) is 5.69 Å². The van der Waals surface area contributed by atoms with Gasteiger partial charge in [-0.15, -0.1) is 11.3 Å². The molecule has 2 amide bonds. The van der Waals surface area contributed by atoms with Crippen molar-refractivity contribution in [3.05, 3.63) is 86.5 Å². The molecule has 0 aliphatic carbocycles. The van der Waals surface area contributed by atoms with Crippen LogP contribution in [-0.4, -0.2) is 18.9 Å². The van der Waals surface area contributed by atoms with Gasteiger partial charge >= 0.3 is 0 Å². The van der Waals surface area contributed by atoms with Gasteiger partial charge < -0.3 is 10.6 Å². The van der Waals surface area contributed by atoms with Crippen molar-refractivity contribution in [2.75, 3.05) is 12.4 Å². The van der Waals surface area contributed by atoms with Crippen LogP contribution in [-0.2, 0) is 4.79 Å². The number of hydrogen-bond donors (Lipinski definition) is 2. The van der Waals surface area contributed by atoms with Crippen LogP contribution in [0.2, 0.25) is 0 Å². The minimum absolute atomic E-state index is 0.165. The van der Waals surface area contributed by atoms with Gasteiger partial charge in [0.25, 0.3) is 11.8 Å². The molecule has 0 unspecified atom stereocenters. The van der Waals surface area contributed by atoms with E-state index in [-0.39, 0.29) is 11.8 Å². The lowest BCUT2D eigenvalue weighted by Gasteiger charge is -2.09. The molecule has 1 heterocycles. The topological polar surface area (TPSA) is 58.2 Å². The molecule has 27 heavy (non-hydrogen) atoms. The monoisotopic (exact) mass is 440 g/mol. The molecule has 0 aliphatic heterocycles. The molecule has 1 aromatic heterocycles. The third kappa shape index (κ3) is 4.93. The SMILES string of the molecule is CNC(=O)c1ccc(NC(=O)/C(=C/c2ccc(Br)cc2)c2cccs2)cc1. The van der Waals surface area contributed by atoms with E-state index in [1.54, 1.807) is 31.3 Å². The Kier molecular flexibility index (Phi) is 6.21. The number of anilines is 1. The van der Waals surface area contributed by atoms with Crippen LogP contribution < -0.4 is 10.6 Å². The largest absolute Gasteiger partial charge is 0.355 e. The van der Waals surface area contributed by atoms with Gasteiger partial charge in [-0.05, 0) is 59.5 Å². The van der Waals surface area contributed by atoms with E-state index in [2.05, 4.69) is 26.6 Å². The predicted molar refractivity (Wildman–Crippen MR) is 115 cm³/mol. The average molecular weight is 441 g/mol. The lowest BCUT2D eigenvalue weighted by Crippen LogP contribution is -2.18. The van der Waals surface area contributed by atoms with Crippen molar-refractivity contribution in [2.45, 2.75) is 0 Å². The van der Waals surface area contributed by atoms with Gasteiger partial charge in [-0.25, -0.2) is 0 Å². The number of benzene rings is 2. The van der Waals surface area contributed by atoms with Crippen molar-refractivity contribution >= 4 is 56.4 Å². The van der Waals surface area contributed by atoms with E-state index in [1.807, 2.05) is 47.9 Å². The van der Waals surface area contributed by atoms with Gasteiger partial charge in [-0.2, -0.15) is 0 Å². The summed E-state index contributed by atoms with van der Waals surface area (Å²) in [6.45, 7) is 0. The number of amides is 2. The maximum atomic E-state index is 12.9. The van der Waals surface area contributed by atoms with Gasteiger partial charge in [0.1, 0.15) is 0 Å². The molecule has 0 radical (unpaired) electrons. The smallest absolute Gasteiger partial charge is 0.257 e. The van der Waals surface area contributed by atoms with Gasteiger partial charge in [0.2, 0.25) is 0 Å². The lowest BCUT2D eigenvalue weighted by atomic mass is 10.1. The summed E-state index contributed by atoms with van der Waals surface area (Å²) >= 11 is 4.93. The number of nitrogens with one attached hydrogen (secondary N) is 2. The zero-order valence-electron chi connectivity index (χ0n) is 14.5. The molecule has 0 aliphatic rings. The van der Waals surface area contributed by atoms with E-state index in [1.165, 1.54) is 11.3 Å². The van der Waals surface area contributed by atoms with E-state index in [0.717, 1.165) is 14.9 Å². The molecule has 0 saturated carbocycles. The third-order valence-corrected chi connectivity index (χ3v) is 5.28. The van der Waals surface area contributed by atoms with Gasteiger partial charge in [-0.3, -0.25) is 9.59 Å². The Balaban J connectivity index is 1.85. The number of carbonyl (C=O) groups excluding carboxylic acids is 2. The lowest BCUT2D eigenvalue weighted by molar-refractivity contribution is -0.111. The van der Waals surface area contributed by atoms with Gasteiger partial charge in [0, 0.05) is 27.6 Å². The van der Waals surface area contributed by atoms with E-state index in [0.29, 0.717) is 16.8 Å². The number of halogens is 1. The molecule has 0 saturated heterocycles. The molecule has 2 aromatic carbocycles. The first kappa shape index (κ1) is 19.1. The van der Waals surface area contributed by atoms with Gasteiger partial charge in [-0.1, -0.05) is 34.1 Å². The first-order valence-electron chi connectivity index (χ1n) is 8.21. The van der Waals surface area contributed by atoms with Crippen molar-refractivity contribution < 1.29 is 9.59 Å². The van der Waals surface area contributed by atoms with E-state index < -0.39 is 0 Å². The van der Waals surface area contributed by atoms with Crippen LogP contribution in [0.15, 0.2) is 70.5 Å². The van der Waals surface area contributed by atoms with Gasteiger partial charge in [0.15, 0.2) is 0 Å². The van der Waals surface area contributed by atoms with Crippen molar-refractivity contribution in [2.24, 2.45) is 0 Å². The highest BCUT2D eigenvalue weighted by Gasteiger charge is 2.14. The van der Waals surface area contributed by atoms with Crippen LogP contribution in [0, 0.1) is 0 Å². The molecule has 0 fully saturated rings. The second-order valence-electron chi connectivity index (χ2n) is 5.70. The molecule has 3 rings (SSSR count). The summed E-state index contributed by atoms with van der Waals surface area (Å²) in [6.07, 6.45) is 1.87. The zero-order chi connectivity index (χ0) is 19.2. The van der Waals surface area contributed by atoms with Crippen LogP contribution in [0.1, 0.15) is 20.8 Å². The number of carbonyl (C=O) groups is 2. The Hall–Kier alpha value is -2.70. The van der Waals surface area contributed by atoms with Crippen LogP contribution in [0.3, 0.4) is 0 Å². The number of hydrogen-bond acceptors (Lipinski definition) is 3. The van der Waals surface area contributed by atoms with Crippen LogP contribution in [0.25, 0.3) is 11.6 Å². The first-order valence-corrected chi connectivity index (χ1v) is 9.89. The molecule has 6 heteroatoms. The fourth-order valence-electron chi connectivity index (χ4n) is 2.45. The maximum Gasteiger partial charge on any atom is 0.257 e. The summed E-state index contributed by atoms with van der Waals surface area (Å²) in [5.41, 5.74) is 2.69. The fourth-order valence-corrected chi connectivity index (χ4v) is 3.46. The highest BCUT2D eigenvalue weighted by atomic mass is 79.9. The third-order valence-electron chi connectivity index (χ3n) is 3.84. The van der Waals surface area contributed by atoms with E-state index in [9.17, 15) is 9.59 Å². The second-order valence-corrected chi connectivity index (χ2v) is 7.56. The van der Waals surface area contributed by atoms with E-state index in [4.69, 9.17) is 0 Å². The average Bonchev–Trinajstić information content (AvgIpc) is 3.21. The molecule has 0 spiro atoms. The molecule has 2 N–H and O–H groups in total. The Morgan fingerprint density at radius 2 is 1.70 bits per heavy atom. The van der Waals surface area contributed by atoms with Crippen LogP contribution >= 0.6 is 27.3 Å². The summed E-state index contributed by atoms with van der Waals surface area (Å²) in [5.74, 6) is -0.365. The Morgan fingerprint density at radius 3 is 2.30 bits per heavy atom. The highest BCUT2D eigenvalue weighted by molar-refractivity contribution is 9.10. The Labute approximate surface area is 170 Å². The molecule has 0 atom stereocenters. The first-order chi connectivity index (χ1) is 13.1. The summed E-state index contributed by atoms with van der Waals surface area (Å²) < 4.78 is 0.984. The van der Waals surface area contributed by atoms with Crippen molar-refractivity contribution in [3.63, 3.8) is 0 Å². The second kappa shape index (κ2) is 8.79. The summed E-state index contributed by atoms with van der Waals surface area (Å²) in [5, 5.41) is 7.42. The van der Waals surface area contributed by atoms with Crippen molar-refractivity contribution in [1.82, 2.24) is 5.32 Å². The minimum Gasteiger partial charge on any atom is -0.355 e. The Bertz CT molecular complexity index is 962. The van der Waals surface area contributed by atoms with Gasteiger partial charge in [0.05, 0.1) is 5.57 Å². The maximum absolute atomic E-state index is 12.9. The van der Waals surface area contributed by atoms with Crippen molar-refractivity contribution in [3.8, 4) is 0 Å². The molecular weight excluding hydrogens is 424 g/mol. The quantitative estimate of drug-likeness (QED) is 0.545. The zero-order valence-corrected chi connectivity index (χ0v) is 16.9. The highest BCUT2D eigenvalue weighted by Crippen LogP contribution is 2.25. The number of rotatable bonds is 5. The predicted octanol–water partition coefficient (Wildman–Crippen LogP) is 5.05. The van der Waals surface area contributed by atoms with Crippen molar-refractivity contribution in [1.29, 1.82) is 0 Å².